The Hall–Kier alpha value is -5.09. The molecule has 42 heavy (non-hydrogen) atoms. The molecule has 0 spiro atoms. The van der Waals surface area contributed by atoms with Gasteiger partial charge in [-0.1, -0.05) is 72.3 Å². The molecule has 0 saturated carbocycles. The Kier molecular flexibility index (Phi) is 4.09. The first kappa shape index (κ1) is 22.6. The molecule has 4 heteroatoms. The Labute approximate surface area is 243 Å². The van der Waals surface area contributed by atoms with Crippen LogP contribution in [-0.4, -0.2) is 20.9 Å². The number of pyridine rings is 1. The highest BCUT2D eigenvalue weighted by Gasteiger charge is 2.41. The molecule has 0 bridgehead atoms. The monoisotopic (exact) mass is 535 g/mol. The number of rotatable bonds is 1. The maximum absolute atomic E-state index is 5.05. The van der Waals surface area contributed by atoms with Crippen LogP contribution in [0.5, 0.6) is 0 Å². The molecule has 5 heterocycles. The summed E-state index contributed by atoms with van der Waals surface area (Å²) >= 11 is 0. The average Bonchev–Trinajstić information content (AvgIpc) is 3.51. The minimum Gasteiger partial charge on any atom is -0.374 e. The Morgan fingerprint density at radius 1 is 0.643 bits per heavy atom. The topological polar surface area (TPSA) is 22.8 Å². The predicted octanol–water partition coefficient (Wildman–Crippen LogP) is 7.83. The Balaban J connectivity index is 1.36. The van der Waals surface area contributed by atoms with Crippen LogP contribution in [0.15, 0.2) is 103 Å². The summed E-state index contributed by atoms with van der Waals surface area (Å²) in [5, 5.41) is 5.18. The van der Waals surface area contributed by atoms with Gasteiger partial charge in [-0.3, -0.25) is 4.98 Å². The van der Waals surface area contributed by atoms with Crippen LogP contribution in [-0.2, 0) is 0 Å². The highest BCUT2D eigenvalue weighted by Crippen LogP contribution is 2.43. The molecular weight excluding hydrogens is 509 g/mol. The van der Waals surface area contributed by atoms with Crippen molar-refractivity contribution in [3.8, 4) is 28.1 Å². The number of hydrogen-bond donors (Lipinski definition) is 0. The first-order valence-corrected chi connectivity index (χ1v) is 14.8. The van der Waals surface area contributed by atoms with Gasteiger partial charge in [-0.05, 0) is 84.3 Å². The molecule has 0 amide bonds. The van der Waals surface area contributed by atoms with Crippen LogP contribution in [0, 0.1) is 20.8 Å². The number of fused-ring (bicyclic) bond motifs is 10. The van der Waals surface area contributed by atoms with E-state index in [0.29, 0.717) is 0 Å². The van der Waals surface area contributed by atoms with Crippen LogP contribution >= 0.6 is 0 Å². The van der Waals surface area contributed by atoms with Crippen molar-refractivity contribution in [2.75, 3.05) is 0 Å². The number of para-hydroxylation sites is 2. The zero-order valence-corrected chi connectivity index (χ0v) is 23.7. The van der Waals surface area contributed by atoms with Crippen LogP contribution in [0.25, 0.3) is 71.7 Å². The molecule has 0 aliphatic carbocycles. The van der Waals surface area contributed by atoms with Crippen LogP contribution in [0.3, 0.4) is 0 Å². The third kappa shape index (κ3) is 2.57. The SMILES string of the molecule is Cc1cc(C)c(-c2ccc3c(c2)c2ccnc4c2n3B2c3c-4cccc3-n3c4ccccc4c4cccc2c43)c(C)c1. The molecule has 196 valence electrons. The molecule has 3 nitrogen and oxygen atoms in total. The second kappa shape index (κ2) is 7.60. The molecule has 0 saturated heterocycles. The number of aryl methyl sites for hydroxylation is 3. The fourth-order valence-corrected chi connectivity index (χ4v) is 8.44. The highest BCUT2D eigenvalue weighted by atomic mass is 15.0. The van der Waals surface area contributed by atoms with Crippen molar-refractivity contribution in [1.82, 2.24) is 14.0 Å². The first-order valence-electron chi connectivity index (χ1n) is 14.8. The van der Waals surface area contributed by atoms with Crippen molar-refractivity contribution >= 4 is 61.4 Å². The van der Waals surface area contributed by atoms with Crippen molar-refractivity contribution in [2.24, 2.45) is 0 Å². The summed E-state index contributed by atoms with van der Waals surface area (Å²) in [5.74, 6) is 0. The van der Waals surface area contributed by atoms with Gasteiger partial charge in [-0.2, -0.15) is 0 Å². The van der Waals surface area contributed by atoms with Crippen molar-refractivity contribution in [1.29, 1.82) is 0 Å². The fourth-order valence-electron chi connectivity index (χ4n) is 8.44. The molecule has 0 N–H and O–H groups in total. The summed E-state index contributed by atoms with van der Waals surface area (Å²) in [6.45, 7) is 6.72. The average molecular weight is 535 g/mol. The summed E-state index contributed by atoms with van der Waals surface area (Å²) in [6.07, 6.45) is 2.00. The molecule has 0 atom stereocenters. The maximum Gasteiger partial charge on any atom is 0.333 e. The molecule has 2 aliphatic heterocycles. The van der Waals surface area contributed by atoms with Gasteiger partial charge in [0, 0.05) is 44.5 Å². The van der Waals surface area contributed by atoms with Crippen molar-refractivity contribution in [2.45, 2.75) is 20.8 Å². The number of aromatic nitrogens is 3. The van der Waals surface area contributed by atoms with Crippen molar-refractivity contribution < 1.29 is 0 Å². The van der Waals surface area contributed by atoms with Gasteiger partial charge in [0.25, 0.3) is 0 Å². The van der Waals surface area contributed by atoms with E-state index in [1.54, 1.807) is 0 Å². The van der Waals surface area contributed by atoms with Gasteiger partial charge in [0.15, 0.2) is 0 Å². The number of hydrogen-bond acceptors (Lipinski definition) is 1. The third-order valence-corrected chi connectivity index (χ3v) is 9.81. The Morgan fingerprint density at radius 3 is 2.31 bits per heavy atom. The number of benzene rings is 5. The molecule has 0 unspecified atom stereocenters. The van der Waals surface area contributed by atoms with Crippen molar-refractivity contribution in [3.05, 3.63) is 120 Å². The van der Waals surface area contributed by atoms with Crippen LogP contribution in [0.2, 0.25) is 0 Å². The first-order chi connectivity index (χ1) is 20.6. The fraction of sp³-hybridized carbons (Fsp3) is 0.0789. The summed E-state index contributed by atoms with van der Waals surface area (Å²) in [7, 11) is 0. The summed E-state index contributed by atoms with van der Waals surface area (Å²) in [4.78, 5) is 5.05. The van der Waals surface area contributed by atoms with Crippen LogP contribution in [0.4, 0.5) is 0 Å². The summed E-state index contributed by atoms with van der Waals surface area (Å²) in [6, 6.07) is 36.4. The Morgan fingerprint density at radius 2 is 1.43 bits per heavy atom. The standard InChI is InChI=1S/C38H26BN3/c1-21-18-22(2)34(23(3)19-21)24-14-15-32-29(20-24)27-16-17-40-36-28-10-7-13-33-35(28)39(42(32)38(27)36)30-11-6-9-26-25-8-4-5-12-31(25)41(33)37(26)30/h4-20H,1-3H3. The molecule has 2 aliphatic rings. The van der Waals surface area contributed by atoms with E-state index in [0.717, 1.165) is 5.69 Å². The zero-order chi connectivity index (χ0) is 27.9. The van der Waals surface area contributed by atoms with E-state index in [2.05, 4.69) is 127 Å². The second-order valence-corrected chi connectivity index (χ2v) is 12.2. The lowest BCUT2D eigenvalue weighted by atomic mass is 9.46. The smallest absolute Gasteiger partial charge is 0.333 e. The van der Waals surface area contributed by atoms with E-state index < -0.39 is 0 Å². The van der Waals surface area contributed by atoms with E-state index in [-0.39, 0.29) is 6.85 Å². The normalized spacial score (nSPS) is 13.1. The molecule has 8 aromatic rings. The van der Waals surface area contributed by atoms with Gasteiger partial charge in [-0.25, -0.2) is 0 Å². The molecule has 5 aromatic carbocycles. The van der Waals surface area contributed by atoms with E-state index >= 15 is 0 Å². The van der Waals surface area contributed by atoms with Gasteiger partial charge in [0.05, 0.1) is 22.2 Å². The largest absolute Gasteiger partial charge is 0.374 e. The minimum absolute atomic E-state index is 0.0714. The quantitative estimate of drug-likeness (QED) is 0.197. The number of nitrogens with zero attached hydrogens (tertiary/aromatic N) is 3. The predicted molar refractivity (Wildman–Crippen MR) is 177 cm³/mol. The highest BCUT2D eigenvalue weighted by molar-refractivity contribution is 6.90. The van der Waals surface area contributed by atoms with Gasteiger partial charge in [0.1, 0.15) is 0 Å². The molecule has 3 aromatic heterocycles. The van der Waals surface area contributed by atoms with Gasteiger partial charge in [-0.15, -0.1) is 0 Å². The van der Waals surface area contributed by atoms with Crippen LogP contribution < -0.4 is 10.9 Å². The minimum atomic E-state index is 0.0714. The van der Waals surface area contributed by atoms with Crippen molar-refractivity contribution in [3.63, 3.8) is 0 Å². The van der Waals surface area contributed by atoms with Gasteiger partial charge >= 0.3 is 6.85 Å². The van der Waals surface area contributed by atoms with E-state index in [1.165, 1.54) is 93.6 Å². The zero-order valence-electron chi connectivity index (χ0n) is 23.7. The summed E-state index contributed by atoms with van der Waals surface area (Å²) < 4.78 is 5.08. The van der Waals surface area contributed by atoms with E-state index in [9.17, 15) is 0 Å². The molecular formula is C38H26BN3. The lowest BCUT2D eigenvalue weighted by Gasteiger charge is -2.33. The lowest BCUT2D eigenvalue weighted by Crippen LogP contribution is -2.55. The molecule has 10 rings (SSSR count). The third-order valence-electron chi connectivity index (χ3n) is 9.81. The van der Waals surface area contributed by atoms with E-state index in [1.807, 2.05) is 6.20 Å². The van der Waals surface area contributed by atoms with Gasteiger partial charge in [0.2, 0.25) is 0 Å². The second-order valence-electron chi connectivity index (χ2n) is 12.2. The van der Waals surface area contributed by atoms with Crippen LogP contribution in [0.1, 0.15) is 16.7 Å². The molecule has 0 fully saturated rings. The van der Waals surface area contributed by atoms with E-state index in [4.69, 9.17) is 4.98 Å². The van der Waals surface area contributed by atoms with Gasteiger partial charge < -0.3 is 9.05 Å². The molecule has 0 radical (unpaired) electrons. The maximum atomic E-state index is 5.05. The summed E-state index contributed by atoms with van der Waals surface area (Å²) in [5.41, 5.74) is 17.9. The Bertz CT molecular complexity index is 2490. The lowest BCUT2D eigenvalue weighted by molar-refractivity contribution is 1.17.